The van der Waals surface area contributed by atoms with Crippen LogP contribution in [0.3, 0.4) is 0 Å². The number of carbonyl (C=O) groups is 1. The molecule has 2 unspecified atom stereocenters. The summed E-state index contributed by atoms with van der Waals surface area (Å²) >= 11 is 0. The van der Waals surface area contributed by atoms with Crippen LogP contribution in [0, 0.1) is 11.8 Å². The van der Waals surface area contributed by atoms with Crippen LogP contribution in [0.2, 0.25) is 0 Å². The molecule has 4 saturated carbocycles. The molecule has 4 bridgehead atoms. The van der Waals surface area contributed by atoms with Crippen LogP contribution < -0.4 is 5.32 Å². The van der Waals surface area contributed by atoms with Crippen molar-refractivity contribution < 1.29 is 9.90 Å². The Labute approximate surface area is 169 Å². The highest BCUT2D eigenvalue weighted by molar-refractivity contribution is 5.93. The molecule has 0 radical (unpaired) electrons. The van der Waals surface area contributed by atoms with E-state index in [9.17, 15) is 9.90 Å². The Morgan fingerprint density at radius 3 is 2.50 bits per heavy atom. The number of aromatic nitrogens is 2. The minimum Gasteiger partial charge on any atom is -0.390 e. The van der Waals surface area contributed by atoms with Crippen molar-refractivity contribution in [3.05, 3.63) is 17.5 Å². The monoisotopic (exact) mass is 387 g/mol. The van der Waals surface area contributed by atoms with Gasteiger partial charge in [-0.25, -0.2) is 0 Å². The van der Waals surface area contributed by atoms with E-state index < -0.39 is 5.60 Å². The van der Waals surface area contributed by atoms with Gasteiger partial charge in [0.05, 0.1) is 11.3 Å². The SMILES string of the molecule is CCCCCn1nc(C(C)(C)C)cc1C(=O)NC12CC3CC(CC(O)(C3)C1)C2. The summed E-state index contributed by atoms with van der Waals surface area (Å²) in [5, 5.41) is 19.2. The molecule has 4 aliphatic carbocycles. The summed E-state index contributed by atoms with van der Waals surface area (Å²) in [5.41, 5.74) is 0.786. The number of nitrogens with one attached hydrogen (secondary N) is 1. The number of carbonyl (C=O) groups excluding carboxylic acids is 1. The number of nitrogens with zero attached hydrogens (tertiary/aromatic N) is 2. The predicted octanol–water partition coefficient (Wildman–Crippen LogP) is 4.18. The third-order valence-electron chi connectivity index (χ3n) is 7.16. The maximum atomic E-state index is 13.4. The topological polar surface area (TPSA) is 67.2 Å². The molecule has 4 aliphatic rings. The van der Waals surface area contributed by atoms with Gasteiger partial charge in [-0.2, -0.15) is 5.10 Å². The molecule has 0 aliphatic heterocycles. The molecule has 156 valence electrons. The lowest BCUT2D eigenvalue weighted by Gasteiger charge is -2.60. The van der Waals surface area contributed by atoms with Crippen LogP contribution in [-0.4, -0.2) is 31.9 Å². The van der Waals surface area contributed by atoms with Crippen LogP contribution in [0.25, 0.3) is 0 Å². The Morgan fingerprint density at radius 1 is 1.25 bits per heavy atom. The largest absolute Gasteiger partial charge is 0.390 e. The van der Waals surface area contributed by atoms with Crippen LogP contribution in [0.4, 0.5) is 0 Å². The maximum absolute atomic E-state index is 13.4. The number of hydrogen-bond acceptors (Lipinski definition) is 3. The van der Waals surface area contributed by atoms with Crippen LogP contribution in [0.1, 0.15) is 102 Å². The number of amides is 1. The van der Waals surface area contributed by atoms with Gasteiger partial charge in [0.1, 0.15) is 5.69 Å². The molecule has 5 heteroatoms. The van der Waals surface area contributed by atoms with Gasteiger partial charge in [0.25, 0.3) is 5.91 Å². The van der Waals surface area contributed by atoms with Crippen LogP contribution in [0.5, 0.6) is 0 Å². The van der Waals surface area contributed by atoms with Crippen molar-refractivity contribution >= 4 is 5.91 Å². The molecule has 1 aromatic rings. The first-order valence-corrected chi connectivity index (χ1v) is 11.2. The van der Waals surface area contributed by atoms with Gasteiger partial charge >= 0.3 is 0 Å². The summed E-state index contributed by atoms with van der Waals surface area (Å²) in [4.78, 5) is 13.4. The van der Waals surface area contributed by atoms with E-state index in [0.29, 0.717) is 17.5 Å². The fourth-order valence-electron chi connectivity index (χ4n) is 6.31. The second kappa shape index (κ2) is 6.86. The third kappa shape index (κ3) is 3.74. The summed E-state index contributed by atoms with van der Waals surface area (Å²) in [6.07, 6.45) is 9.16. The zero-order chi connectivity index (χ0) is 20.2. The Morgan fingerprint density at radius 2 is 1.93 bits per heavy atom. The van der Waals surface area contributed by atoms with Crippen molar-refractivity contribution in [2.75, 3.05) is 0 Å². The number of rotatable bonds is 6. The quantitative estimate of drug-likeness (QED) is 0.720. The van der Waals surface area contributed by atoms with E-state index in [1.54, 1.807) is 0 Å². The fourth-order valence-corrected chi connectivity index (χ4v) is 6.31. The van der Waals surface area contributed by atoms with E-state index in [0.717, 1.165) is 63.6 Å². The first-order chi connectivity index (χ1) is 13.1. The highest BCUT2D eigenvalue weighted by atomic mass is 16.3. The fraction of sp³-hybridized carbons (Fsp3) is 0.826. The summed E-state index contributed by atoms with van der Waals surface area (Å²) in [6.45, 7) is 9.40. The van der Waals surface area contributed by atoms with E-state index in [4.69, 9.17) is 5.10 Å². The molecule has 0 spiro atoms. The van der Waals surface area contributed by atoms with Gasteiger partial charge in [-0.15, -0.1) is 0 Å². The molecule has 28 heavy (non-hydrogen) atoms. The third-order valence-corrected chi connectivity index (χ3v) is 7.16. The van der Waals surface area contributed by atoms with E-state index in [-0.39, 0.29) is 16.9 Å². The number of aliphatic hydroxyl groups is 1. The van der Waals surface area contributed by atoms with Gasteiger partial charge in [-0.3, -0.25) is 9.48 Å². The first-order valence-electron chi connectivity index (χ1n) is 11.2. The average molecular weight is 388 g/mol. The highest BCUT2D eigenvalue weighted by Crippen LogP contribution is 2.57. The summed E-state index contributed by atoms with van der Waals surface area (Å²) in [6, 6.07) is 1.98. The first kappa shape index (κ1) is 19.9. The predicted molar refractivity (Wildman–Crippen MR) is 110 cm³/mol. The standard InChI is InChI=1S/C23H37N3O2/c1-5-6-7-8-26-18(10-19(25-26)21(2,3)4)20(27)24-22-11-16-9-17(12-22)14-23(28,13-16)15-22/h10,16-17,28H,5-9,11-15H2,1-4H3,(H,24,27). The number of unbranched alkanes of at least 4 members (excludes halogenated alkanes) is 2. The number of hydrogen-bond donors (Lipinski definition) is 2. The molecule has 2 atom stereocenters. The Balaban J connectivity index is 1.56. The zero-order valence-corrected chi connectivity index (χ0v) is 18.1. The highest BCUT2D eigenvalue weighted by Gasteiger charge is 2.57. The lowest BCUT2D eigenvalue weighted by molar-refractivity contribution is -0.139. The van der Waals surface area contributed by atoms with Gasteiger partial charge < -0.3 is 10.4 Å². The maximum Gasteiger partial charge on any atom is 0.269 e. The molecule has 5 rings (SSSR count). The van der Waals surface area contributed by atoms with Gasteiger partial charge in [-0.1, -0.05) is 40.5 Å². The molecule has 2 N–H and O–H groups in total. The molecule has 1 amide bonds. The van der Waals surface area contributed by atoms with Crippen molar-refractivity contribution in [2.24, 2.45) is 11.8 Å². The van der Waals surface area contributed by atoms with E-state index in [1.165, 1.54) is 6.42 Å². The van der Waals surface area contributed by atoms with E-state index in [1.807, 2.05) is 10.7 Å². The van der Waals surface area contributed by atoms with E-state index >= 15 is 0 Å². The minimum atomic E-state index is -0.560. The Bertz CT molecular complexity index is 732. The Hall–Kier alpha value is -1.36. The second-order valence-electron chi connectivity index (χ2n) is 11.0. The van der Waals surface area contributed by atoms with Crippen molar-refractivity contribution in [3.8, 4) is 0 Å². The molecule has 0 saturated heterocycles. The van der Waals surface area contributed by atoms with Crippen molar-refractivity contribution in [1.82, 2.24) is 15.1 Å². The van der Waals surface area contributed by atoms with Gasteiger partial charge in [0.2, 0.25) is 0 Å². The van der Waals surface area contributed by atoms with Crippen molar-refractivity contribution in [2.45, 2.75) is 109 Å². The second-order valence-corrected chi connectivity index (χ2v) is 11.0. The van der Waals surface area contributed by atoms with Gasteiger partial charge in [0, 0.05) is 17.5 Å². The molecule has 1 aromatic heterocycles. The van der Waals surface area contributed by atoms with Crippen LogP contribution >= 0.6 is 0 Å². The summed E-state index contributed by atoms with van der Waals surface area (Å²) < 4.78 is 1.92. The molecule has 4 fully saturated rings. The number of aryl methyl sites for hydroxylation is 1. The molecule has 1 heterocycles. The lowest BCUT2D eigenvalue weighted by Crippen LogP contribution is -2.65. The lowest BCUT2D eigenvalue weighted by atomic mass is 9.51. The van der Waals surface area contributed by atoms with Crippen molar-refractivity contribution in [3.63, 3.8) is 0 Å². The minimum absolute atomic E-state index is 0.00921. The zero-order valence-electron chi connectivity index (χ0n) is 18.1. The average Bonchev–Trinajstić information content (AvgIpc) is 2.97. The molecule has 0 aromatic carbocycles. The summed E-state index contributed by atoms with van der Waals surface area (Å²) in [7, 11) is 0. The summed E-state index contributed by atoms with van der Waals surface area (Å²) in [5.74, 6) is 1.11. The van der Waals surface area contributed by atoms with Crippen molar-refractivity contribution in [1.29, 1.82) is 0 Å². The van der Waals surface area contributed by atoms with Crippen LogP contribution in [0.15, 0.2) is 6.07 Å². The van der Waals surface area contributed by atoms with Gasteiger partial charge in [0.15, 0.2) is 0 Å². The van der Waals surface area contributed by atoms with Crippen LogP contribution in [-0.2, 0) is 12.0 Å². The van der Waals surface area contributed by atoms with Gasteiger partial charge in [-0.05, 0) is 62.8 Å². The normalized spacial score (nSPS) is 34.0. The smallest absolute Gasteiger partial charge is 0.269 e. The molecular formula is C23H37N3O2. The van der Waals surface area contributed by atoms with E-state index in [2.05, 4.69) is 33.0 Å². The Kier molecular flexibility index (Phi) is 4.88. The molecular weight excluding hydrogens is 350 g/mol. The molecule has 5 nitrogen and oxygen atoms in total.